The van der Waals surface area contributed by atoms with Crippen molar-refractivity contribution in [3.8, 4) is 11.3 Å². The first-order chi connectivity index (χ1) is 10.9. The number of rotatable bonds is 2. The highest BCUT2D eigenvalue weighted by Crippen LogP contribution is 2.30. The lowest BCUT2D eigenvalue weighted by Crippen LogP contribution is -2.54. The van der Waals surface area contributed by atoms with E-state index in [1.807, 2.05) is 36.1 Å². The topological polar surface area (TPSA) is 72.4 Å². The predicted molar refractivity (Wildman–Crippen MR) is 103 cm³/mol. The number of hydrogen-bond acceptors (Lipinski definition) is 4. The van der Waals surface area contributed by atoms with E-state index in [1.54, 1.807) is 0 Å². The molecule has 1 saturated heterocycles. The molecule has 5 nitrogen and oxygen atoms in total. The minimum absolute atomic E-state index is 0. The van der Waals surface area contributed by atoms with Crippen LogP contribution in [0.5, 0.6) is 0 Å². The van der Waals surface area contributed by atoms with E-state index < -0.39 is 0 Å². The first-order valence-electron chi connectivity index (χ1n) is 7.94. The van der Waals surface area contributed by atoms with Crippen molar-refractivity contribution in [3.05, 3.63) is 41.9 Å². The average Bonchev–Trinajstić information content (AvgIpc) is 2.99. The molecule has 3 rings (SSSR count). The van der Waals surface area contributed by atoms with Crippen molar-refractivity contribution in [1.29, 1.82) is 0 Å². The van der Waals surface area contributed by atoms with Crippen molar-refractivity contribution >= 4 is 30.7 Å². The van der Waals surface area contributed by atoms with Crippen LogP contribution in [-0.4, -0.2) is 34.9 Å². The lowest BCUT2D eigenvalue weighted by molar-refractivity contribution is 0.0528. The number of hydrogen-bond donors (Lipinski definition) is 1. The van der Waals surface area contributed by atoms with Crippen LogP contribution in [0, 0.1) is 12.3 Å². The van der Waals surface area contributed by atoms with Gasteiger partial charge in [0, 0.05) is 24.7 Å². The van der Waals surface area contributed by atoms with Crippen LogP contribution in [0.25, 0.3) is 11.3 Å². The van der Waals surface area contributed by atoms with E-state index in [-0.39, 0.29) is 42.2 Å². The van der Waals surface area contributed by atoms with Gasteiger partial charge in [-0.3, -0.25) is 4.79 Å². The summed E-state index contributed by atoms with van der Waals surface area (Å²) in [6.45, 7) is 7.51. The fourth-order valence-electron chi connectivity index (χ4n) is 3.01. The van der Waals surface area contributed by atoms with Crippen molar-refractivity contribution in [2.75, 3.05) is 13.1 Å². The third kappa shape index (κ3) is 4.35. The first-order valence-corrected chi connectivity index (χ1v) is 7.94. The quantitative estimate of drug-likeness (QED) is 0.855. The maximum atomic E-state index is 12.9. The molecule has 1 amide bonds. The third-order valence-corrected chi connectivity index (χ3v) is 4.68. The van der Waals surface area contributed by atoms with Crippen molar-refractivity contribution in [1.82, 2.24) is 9.88 Å². The number of halogens is 2. The van der Waals surface area contributed by atoms with Crippen LogP contribution >= 0.6 is 24.8 Å². The highest BCUT2D eigenvalue weighted by molar-refractivity contribution is 5.97. The number of nitrogens with zero attached hydrogens (tertiary/aromatic N) is 2. The number of amides is 1. The zero-order valence-corrected chi connectivity index (χ0v) is 16.3. The van der Waals surface area contributed by atoms with E-state index in [9.17, 15) is 4.79 Å². The Kier molecular flexibility index (Phi) is 7.06. The zero-order valence-electron chi connectivity index (χ0n) is 14.7. The predicted octanol–water partition coefficient (Wildman–Crippen LogP) is 3.69. The van der Waals surface area contributed by atoms with Crippen molar-refractivity contribution in [2.24, 2.45) is 11.1 Å². The van der Waals surface area contributed by atoms with Crippen LogP contribution in [0.4, 0.5) is 0 Å². The molecule has 1 atom stereocenters. The largest absolute Gasteiger partial charge is 0.443 e. The molecule has 0 spiro atoms. The number of likely N-dealkylation sites (tertiary alicyclic amines) is 1. The highest BCUT2D eigenvalue weighted by Gasteiger charge is 2.37. The Hall–Kier alpha value is -1.56. The standard InChI is InChI=1S/C18H23N3O2.2ClH/c1-12-4-6-13(7-5-12)16-15(20-11-23-16)17(22)21-9-8-14(19)18(2,3)10-21;;/h4-7,11,14H,8-10,19H2,1-3H3;2*1H. The van der Waals surface area contributed by atoms with E-state index in [0.717, 1.165) is 17.5 Å². The number of piperidine rings is 1. The summed E-state index contributed by atoms with van der Waals surface area (Å²) in [7, 11) is 0. The zero-order chi connectivity index (χ0) is 16.6. The fourth-order valence-corrected chi connectivity index (χ4v) is 3.01. The van der Waals surface area contributed by atoms with Crippen LogP contribution in [0.1, 0.15) is 36.3 Å². The van der Waals surface area contributed by atoms with Gasteiger partial charge < -0.3 is 15.1 Å². The maximum absolute atomic E-state index is 12.9. The molecule has 0 aliphatic carbocycles. The Morgan fingerprint density at radius 3 is 2.52 bits per heavy atom. The van der Waals surface area contributed by atoms with E-state index >= 15 is 0 Å². The smallest absolute Gasteiger partial charge is 0.276 e. The van der Waals surface area contributed by atoms with Gasteiger partial charge in [0.25, 0.3) is 5.91 Å². The van der Waals surface area contributed by atoms with Crippen LogP contribution in [-0.2, 0) is 0 Å². The SMILES string of the molecule is Cc1ccc(-c2ocnc2C(=O)N2CCC(N)C(C)(C)C2)cc1.Cl.Cl. The Labute approximate surface area is 160 Å². The van der Waals surface area contributed by atoms with Crippen molar-refractivity contribution < 1.29 is 9.21 Å². The van der Waals surface area contributed by atoms with Crippen molar-refractivity contribution in [3.63, 3.8) is 0 Å². The van der Waals surface area contributed by atoms with Gasteiger partial charge in [-0.25, -0.2) is 4.98 Å². The molecule has 2 heterocycles. The number of oxazole rings is 1. The summed E-state index contributed by atoms with van der Waals surface area (Å²) in [5.41, 5.74) is 8.46. The second-order valence-electron chi connectivity index (χ2n) is 7.01. The van der Waals surface area contributed by atoms with E-state index in [4.69, 9.17) is 10.2 Å². The highest BCUT2D eigenvalue weighted by atomic mass is 35.5. The van der Waals surface area contributed by atoms with Gasteiger partial charge in [-0.15, -0.1) is 24.8 Å². The molecule has 0 saturated carbocycles. The molecular weight excluding hydrogens is 361 g/mol. The lowest BCUT2D eigenvalue weighted by atomic mass is 9.79. The molecule has 7 heteroatoms. The first kappa shape index (κ1) is 21.5. The molecule has 1 unspecified atom stereocenters. The van der Waals surface area contributed by atoms with Gasteiger partial charge in [-0.1, -0.05) is 43.7 Å². The number of benzene rings is 1. The molecule has 2 N–H and O–H groups in total. The molecule has 0 radical (unpaired) electrons. The van der Waals surface area contributed by atoms with Gasteiger partial charge in [0.15, 0.2) is 17.8 Å². The van der Waals surface area contributed by atoms with Gasteiger partial charge in [-0.2, -0.15) is 0 Å². The number of carbonyl (C=O) groups excluding carboxylic acids is 1. The van der Waals surface area contributed by atoms with Crippen LogP contribution < -0.4 is 5.73 Å². The fraction of sp³-hybridized carbons (Fsp3) is 0.444. The molecule has 1 aliphatic rings. The summed E-state index contributed by atoms with van der Waals surface area (Å²) in [5.74, 6) is 0.442. The van der Waals surface area contributed by atoms with Gasteiger partial charge >= 0.3 is 0 Å². The normalized spacial score (nSPS) is 18.9. The monoisotopic (exact) mass is 385 g/mol. The Balaban J connectivity index is 0.00000156. The van der Waals surface area contributed by atoms with Crippen molar-refractivity contribution in [2.45, 2.75) is 33.2 Å². The molecule has 1 aliphatic heterocycles. The number of nitrogens with two attached hydrogens (primary N) is 1. The van der Waals surface area contributed by atoms with Gasteiger partial charge in [0.1, 0.15) is 0 Å². The Bertz CT molecular complexity index is 713. The van der Waals surface area contributed by atoms with E-state index in [1.165, 1.54) is 6.39 Å². The van der Waals surface area contributed by atoms with Gasteiger partial charge in [0.2, 0.25) is 0 Å². The second-order valence-corrected chi connectivity index (χ2v) is 7.01. The Morgan fingerprint density at radius 1 is 1.28 bits per heavy atom. The minimum Gasteiger partial charge on any atom is -0.443 e. The van der Waals surface area contributed by atoms with Crippen LogP contribution in [0.3, 0.4) is 0 Å². The van der Waals surface area contributed by atoms with Gasteiger partial charge in [-0.05, 0) is 18.8 Å². The van der Waals surface area contributed by atoms with Gasteiger partial charge in [0.05, 0.1) is 0 Å². The summed E-state index contributed by atoms with van der Waals surface area (Å²) in [6.07, 6.45) is 2.14. The molecule has 0 bridgehead atoms. The molecule has 1 fully saturated rings. The molecule has 1 aromatic carbocycles. The van der Waals surface area contributed by atoms with E-state index in [0.29, 0.717) is 24.5 Å². The van der Waals surface area contributed by atoms with Crippen LogP contribution in [0.2, 0.25) is 0 Å². The van der Waals surface area contributed by atoms with E-state index in [2.05, 4.69) is 18.8 Å². The summed E-state index contributed by atoms with van der Waals surface area (Å²) < 4.78 is 5.49. The Morgan fingerprint density at radius 2 is 1.92 bits per heavy atom. The number of carbonyl (C=O) groups is 1. The summed E-state index contributed by atoms with van der Waals surface area (Å²) in [6, 6.07) is 8.00. The molecule has 1 aromatic heterocycles. The second kappa shape index (κ2) is 8.21. The molecule has 25 heavy (non-hydrogen) atoms. The molecular formula is C18H25Cl2N3O2. The van der Waals surface area contributed by atoms with Crippen LogP contribution in [0.15, 0.2) is 35.1 Å². The third-order valence-electron chi connectivity index (χ3n) is 4.68. The minimum atomic E-state index is -0.0956. The molecule has 138 valence electrons. The summed E-state index contributed by atoms with van der Waals surface area (Å²) >= 11 is 0. The summed E-state index contributed by atoms with van der Waals surface area (Å²) in [5, 5.41) is 0. The maximum Gasteiger partial charge on any atom is 0.276 e. The molecule has 2 aromatic rings. The number of aromatic nitrogens is 1. The lowest BCUT2D eigenvalue weighted by Gasteiger charge is -2.42. The average molecular weight is 386 g/mol. The summed E-state index contributed by atoms with van der Waals surface area (Å²) in [4.78, 5) is 18.9. The number of aryl methyl sites for hydroxylation is 1.